The van der Waals surface area contributed by atoms with E-state index in [4.69, 9.17) is 34.8 Å². The van der Waals surface area contributed by atoms with Crippen LogP contribution < -0.4 is 10.2 Å². The van der Waals surface area contributed by atoms with Gasteiger partial charge in [0.05, 0.1) is 7.05 Å². The van der Waals surface area contributed by atoms with Crippen LogP contribution in [0.15, 0.2) is 30.3 Å². The van der Waals surface area contributed by atoms with Crippen LogP contribution in [0.25, 0.3) is 0 Å². The van der Waals surface area contributed by atoms with Crippen molar-refractivity contribution in [2.45, 2.75) is 30.4 Å². The van der Waals surface area contributed by atoms with Crippen molar-refractivity contribution in [1.29, 1.82) is 0 Å². The molecule has 0 aliphatic heterocycles. The third-order valence-electron chi connectivity index (χ3n) is 2.96. The lowest BCUT2D eigenvalue weighted by atomic mass is 10.2. The van der Waals surface area contributed by atoms with E-state index in [-0.39, 0.29) is 11.8 Å². The number of halogens is 3. The molecule has 0 heterocycles. The highest BCUT2D eigenvalue weighted by Crippen LogP contribution is 2.28. The van der Waals surface area contributed by atoms with Crippen molar-refractivity contribution < 1.29 is 9.69 Å². The van der Waals surface area contributed by atoms with E-state index in [1.807, 2.05) is 37.4 Å². The first kappa shape index (κ1) is 17.6. The first-order valence-corrected chi connectivity index (χ1v) is 7.58. The number of rotatable bonds is 5. The first-order chi connectivity index (χ1) is 9.21. The first-order valence-electron chi connectivity index (χ1n) is 6.45. The summed E-state index contributed by atoms with van der Waals surface area (Å²) in [5, 5.41) is 2.80. The third kappa shape index (κ3) is 5.49. The molecule has 1 unspecified atom stereocenters. The summed E-state index contributed by atoms with van der Waals surface area (Å²) < 4.78 is -1.57. The Bertz CT molecular complexity index is 432. The smallest absolute Gasteiger partial charge is 0.262 e. The predicted octanol–water partition coefficient (Wildman–Crippen LogP) is 2.17. The average Bonchev–Trinajstić information content (AvgIpc) is 2.35. The topological polar surface area (TPSA) is 33.5 Å². The number of quaternary nitrogens is 1. The normalized spacial score (nSPS) is 14.9. The minimum Gasteiger partial charge on any atom is -0.310 e. The summed E-state index contributed by atoms with van der Waals surface area (Å²) >= 11 is 18.0. The molecule has 3 nitrogen and oxygen atoms in total. The molecule has 0 aliphatic rings. The molecule has 0 saturated carbocycles. The molecule has 20 heavy (non-hydrogen) atoms. The van der Waals surface area contributed by atoms with E-state index < -0.39 is 9.96 Å². The minimum absolute atomic E-state index is 0.131. The van der Waals surface area contributed by atoms with Gasteiger partial charge in [-0.05, 0) is 0 Å². The summed E-state index contributed by atoms with van der Waals surface area (Å²) in [6.07, 6.45) is -0.609. The molecule has 1 rings (SSSR count). The van der Waals surface area contributed by atoms with Crippen molar-refractivity contribution in [2.75, 3.05) is 7.05 Å². The summed E-state index contributed by atoms with van der Waals surface area (Å²) in [7, 11) is 1.89. The Morgan fingerprint density at radius 2 is 1.80 bits per heavy atom. The number of benzene rings is 1. The van der Waals surface area contributed by atoms with Crippen LogP contribution >= 0.6 is 34.8 Å². The van der Waals surface area contributed by atoms with Gasteiger partial charge in [0.15, 0.2) is 0 Å². The molecule has 112 valence electrons. The standard InChI is InChI=1S/C14H19Cl3N2O/c1-10(2)12(20)18-13(14(15,16)17)19(3)9-11-7-5-4-6-8-11/h4-8,10,13H,9H2,1-3H3,(H,18,20)/p+1/t13-/m0/s1. The summed E-state index contributed by atoms with van der Waals surface area (Å²) in [6, 6.07) is 9.87. The van der Waals surface area contributed by atoms with Crippen LogP contribution in [-0.4, -0.2) is 22.9 Å². The summed E-state index contributed by atoms with van der Waals surface area (Å²) in [5.74, 6) is -0.289. The fourth-order valence-electron chi connectivity index (χ4n) is 1.81. The van der Waals surface area contributed by atoms with Gasteiger partial charge in [0.2, 0.25) is 12.1 Å². The number of carbonyl (C=O) groups is 1. The second-order valence-corrected chi connectivity index (χ2v) is 7.52. The Labute approximate surface area is 135 Å². The van der Waals surface area contributed by atoms with Crippen molar-refractivity contribution in [2.24, 2.45) is 5.92 Å². The quantitative estimate of drug-likeness (QED) is 0.626. The zero-order chi connectivity index (χ0) is 15.3. The van der Waals surface area contributed by atoms with Gasteiger partial charge < -0.3 is 10.2 Å². The molecule has 0 spiro atoms. The van der Waals surface area contributed by atoms with Crippen molar-refractivity contribution in [3.05, 3.63) is 35.9 Å². The minimum atomic E-state index is -1.57. The molecule has 0 aromatic heterocycles. The van der Waals surface area contributed by atoms with E-state index in [2.05, 4.69) is 5.32 Å². The summed E-state index contributed by atoms with van der Waals surface area (Å²) in [5.41, 5.74) is 1.11. The third-order valence-corrected chi connectivity index (χ3v) is 3.61. The highest BCUT2D eigenvalue weighted by Gasteiger charge is 2.40. The van der Waals surface area contributed by atoms with E-state index in [1.54, 1.807) is 13.8 Å². The number of nitrogens with one attached hydrogen (secondary N) is 2. The van der Waals surface area contributed by atoms with Crippen LogP contribution in [0.1, 0.15) is 19.4 Å². The molecule has 2 N–H and O–H groups in total. The summed E-state index contributed by atoms with van der Waals surface area (Å²) in [4.78, 5) is 12.8. The molecule has 0 bridgehead atoms. The van der Waals surface area contributed by atoms with Crippen molar-refractivity contribution in [3.8, 4) is 0 Å². The highest BCUT2D eigenvalue weighted by molar-refractivity contribution is 6.68. The monoisotopic (exact) mass is 337 g/mol. The lowest BCUT2D eigenvalue weighted by molar-refractivity contribution is -0.921. The Kier molecular flexibility index (Phi) is 6.59. The Hall–Kier alpha value is -0.480. The zero-order valence-corrected chi connectivity index (χ0v) is 14.1. The number of alkyl halides is 3. The summed E-state index contributed by atoms with van der Waals surface area (Å²) in [6.45, 7) is 4.26. The van der Waals surface area contributed by atoms with Crippen LogP contribution in [0.5, 0.6) is 0 Å². The molecule has 0 fully saturated rings. The SMILES string of the molecule is CC(C)C(=O)N[C@@H]([NH+](C)Cc1ccccc1)C(Cl)(Cl)Cl. The molecule has 1 aromatic carbocycles. The van der Waals surface area contributed by atoms with Gasteiger partial charge in [-0.15, -0.1) is 0 Å². The lowest BCUT2D eigenvalue weighted by Gasteiger charge is -2.31. The number of hydrogen-bond acceptors (Lipinski definition) is 1. The van der Waals surface area contributed by atoms with Crippen LogP contribution in [0, 0.1) is 5.92 Å². The number of hydrogen-bond donors (Lipinski definition) is 2. The lowest BCUT2D eigenvalue weighted by Crippen LogP contribution is -3.15. The molecule has 0 saturated heterocycles. The van der Waals surface area contributed by atoms with Gasteiger partial charge in [-0.2, -0.15) is 0 Å². The van der Waals surface area contributed by atoms with E-state index in [0.717, 1.165) is 10.5 Å². The van der Waals surface area contributed by atoms with Gasteiger partial charge in [-0.3, -0.25) is 4.79 Å². The maximum absolute atomic E-state index is 11.9. The maximum atomic E-state index is 11.9. The van der Waals surface area contributed by atoms with Crippen LogP contribution in [0.2, 0.25) is 0 Å². The van der Waals surface area contributed by atoms with Gasteiger partial charge >= 0.3 is 0 Å². The van der Waals surface area contributed by atoms with Crippen LogP contribution in [0.4, 0.5) is 0 Å². The van der Waals surface area contributed by atoms with E-state index >= 15 is 0 Å². The molecular weight excluding hydrogens is 319 g/mol. The second-order valence-electron chi connectivity index (χ2n) is 5.15. The number of carbonyl (C=O) groups excluding carboxylic acids is 1. The zero-order valence-electron chi connectivity index (χ0n) is 11.8. The van der Waals surface area contributed by atoms with E-state index in [0.29, 0.717) is 6.54 Å². The average molecular weight is 339 g/mol. The molecular formula is C14H20Cl3N2O+. The largest absolute Gasteiger partial charge is 0.310 e. The number of amides is 1. The van der Waals surface area contributed by atoms with Gasteiger partial charge in [-0.25, -0.2) is 0 Å². The molecule has 0 radical (unpaired) electrons. The molecule has 1 amide bonds. The van der Waals surface area contributed by atoms with Gasteiger partial charge in [0.1, 0.15) is 6.54 Å². The second kappa shape index (κ2) is 7.51. The molecule has 1 aromatic rings. The van der Waals surface area contributed by atoms with Crippen LogP contribution in [-0.2, 0) is 11.3 Å². The fourth-order valence-corrected chi connectivity index (χ4v) is 2.54. The predicted molar refractivity (Wildman–Crippen MR) is 84.1 cm³/mol. The van der Waals surface area contributed by atoms with Gasteiger partial charge in [0, 0.05) is 11.5 Å². The van der Waals surface area contributed by atoms with E-state index in [9.17, 15) is 4.79 Å². The fraction of sp³-hybridized carbons (Fsp3) is 0.500. The maximum Gasteiger partial charge on any atom is 0.262 e. The van der Waals surface area contributed by atoms with Crippen molar-refractivity contribution in [1.82, 2.24) is 5.32 Å². The molecule has 0 aliphatic carbocycles. The van der Waals surface area contributed by atoms with Gasteiger partial charge in [0.25, 0.3) is 3.79 Å². The highest BCUT2D eigenvalue weighted by atomic mass is 35.6. The van der Waals surface area contributed by atoms with Crippen molar-refractivity contribution in [3.63, 3.8) is 0 Å². The van der Waals surface area contributed by atoms with E-state index in [1.165, 1.54) is 0 Å². The molecule has 6 heteroatoms. The Morgan fingerprint density at radius 3 is 2.25 bits per heavy atom. The van der Waals surface area contributed by atoms with Gasteiger partial charge in [-0.1, -0.05) is 79.0 Å². The Morgan fingerprint density at radius 1 is 1.25 bits per heavy atom. The Balaban J connectivity index is 2.80. The van der Waals surface area contributed by atoms with Crippen LogP contribution in [0.3, 0.4) is 0 Å². The van der Waals surface area contributed by atoms with Crippen molar-refractivity contribution >= 4 is 40.7 Å². The molecule has 2 atom stereocenters.